The van der Waals surface area contributed by atoms with Gasteiger partial charge in [-0.05, 0) is 32.0 Å². The third-order valence-corrected chi connectivity index (χ3v) is 6.40. The fraction of sp³-hybridized carbons (Fsp3) is 0.412. The quantitative estimate of drug-likeness (QED) is 0.821. The molecule has 1 fully saturated rings. The van der Waals surface area contributed by atoms with Crippen molar-refractivity contribution in [2.45, 2.75) is 24.8 Å². The van der Waals surface area contributed by atoms with E-state index in [1.54, 1.807) is 59.2 Å². The Balaban J connectivity index is 1.65. The van der Waals surface area contributed by atoms with Gasteiger partial charge in [-0.1, -0.05) is 17.7 Å². The molecule has 7 nitrogen and oxygen atoms in total. The summed E-state index contributed by atoms with van der Waals surface area (Å²) in [5.74, 6) is -0.0453. The summed E-state index contributed by atoms with van der Waals surface area (Å²) in [4.78, 5) is 14.6. The van der Waals surface area contributed by atoms with Crippen LogP contribution in [-0.2, 0) is 14.8 Å². The number of sulfonamides is 1. The van der Waals surface area contributed by atoms with Crippen LogP contribution in [-0.4, -0.2) is 59.5 Å². The van der Waals surface area contributed by atoms with Crippen LogP contribution in [0.3, 0.4) is 0 Å². The second-order valence-corrected chi connectivity index (χ2v) is 8.14. The van der Waals surface area contributed by atoms with Crippen LogP contribution < -0.4 is 0 Å². The van der Waals surface area contributed by atoms with Crippen LogP contribution in [0.15, 0.2) is 47.6 Å². The fourth-order valence-corrected chi connectivity index (χ4v) is 4.32. The Bertz CT molecular complexity index is 823. The van der Waals surface area contributed by atoms with Gasteiger partial charge in [-0.15, -0.1) is 0 Å². The van der Waals surface area contributed by atoms with E-state index in [2.05, 4.69) is 5.10 Å². The van der Waals surface area contributed by atoms with Gasteiger partial charge < -0.3 is 4.90 Å². The summed E-state index contributed by atoms with van der Waals surface area (Å²) in [5, 5.41) is 4.10. The Labute approximate surface area is 147 Å². The summed E-state index contributed by atoms with van der Waals surface area (Å²) in [6.07, 6.45) is 3.39. The van der Waals surface area contributed by atoms with Gasteiger partial charge in [0.05, 0.1) is 4.90 Å². The number of hydrogen-bond acceptors (Lipinski definition) is 4. The molecule has 0 aliphatic carbocycles. The second-order valence-electron chi connectivity index (χ2n) is 6.20. The average molecular weight is 362 g/mol. The second kappa shape index (κ2) is 6.97. The molecule has 0 radical (unpaired) electrons. The number of rotatable bonds is 4. The van der Waals surface area contributed by atoms with Crippen molar-refractivity contribution in [3.8, 4) is 0 Å². The first-order chi connectivity index (χ1) is 11.9. The van der Waals surface area contributed by atoms with Crippen molar-refractivity contribution in [1.29, 1.82) is 0 Å². The fourth-order valence-electron chi connectivity index (χ4n) is 2.90. The maximum Gasteiger partial charge on any atom is 0.247 e. The predicted molar refractivity (Wildman–Crippen MR) is 93.5 cm³/mol. The van der Waals surface area contributed by atoms with E-state index in [0.717, 1.165) is 5.56 Å². The van der Waals surface area contributed by atoms with Crippen molar-refractivity contribution in [2.75, 3.05) is 26.2 Å². The molecule has 2 heterocycles. The number of aryl methyl sites for hydroxylation is 1. The Hall–Kier alpha value is -2.19. The highest BCUT2D eigenvalue weighted by atomic mass is 32.2. The standard InChI is InChI=1S/C17H22N4O3S/c1-14-4-6-16(7-5-14)25(23,24)20-12-10-19(11-13-20)17(22)15(2)21-9-3-8-18-21/h3-9,15H,10-13H2,1-2H3. The molecule has 8 heteroatoms. The molecular formula is C17H22N4O3S. The van der Waals surface area contributed by atoms with Gasteiger partial charge in [0, 0.05) is 38.6 Å². The van der Waals surface area contributed by atoms with Crippen molar-refractivity contribution in [2.24, 2.45) is 0 Å². The van der Waals surface area contributed by atoms with Crippen LogP contribution in [0.1, 0.15) is 18.5 Å². The molecule has 1 atom stereocenters. The van der Waals surface area contributed by atoms with Crippen molar-refractivity contribution in [1.82, 2.24) is 19.0 Å². The van der Waals surface area contributed by atoms with E-state index in [1.807, 2.05) is 6.92 Å². The molecule has 1 aromatic carbocycles. The van der Waals surface area contributed by atoms with Crippen LogP contribution in [0.25, 0.3) is 0 Å². The van der Waals surface area contributed by atoms with E-state index in [-0.39, 0.29) is 5.91 Å². The van der Waals surface area contributed by atoms with Gasteiger partial charge in [0.2, 0.25) is 15.9 Å². The zero-order chi connectivity index (χ0) is 18.0. The lowest BCUT2D eigenvalue weighted by Gasteiger charge is -2.35. The van der Waals surface area contributed by atoms with Crippen molar-refractivity contribution in [3.05, 3.63) is 48.3 Å². The molecule has 3 rings (SSSR count). The largest absolute Gasteiger partial charge is 0.338 e. The monoisotopic (exact) mass is 362 g/mol. The molecule has 1 aromatic heterocycles. The van der Waals surface area contributed by atoms with Crippen LogP contribution in [0.4, 0.5) is 0 Å². The molecule has 0 spiro atoms. The van der Waals surface area contributed by atoms with Crippen LogP contribution in [0.5, 0.6) is 0 Å². The first kappa shape index (κ1) is 17.6. The lowest BCUT2D eigenvalue weighted by molar-refractivity contribution is -0.135. The first-order valence-corrected chi connectivity index (χ1v) is 9.68. The highest BCUT2D eigenvalue weighted by Crippen LogP contribution is 2.19. The highest BCUT2D eigenvalue weighted by molar-refractivity contribution is 7.89. The van der Waals surface area contributed by atoms with Gasteiger partial charge in [-0.25, -0.2) is 8.42 Å². The van der Waals surface area contributed by atoms with E-state index in [9.17, 15) is 13.2 Å². The number of carbonyl (C=O) groups is 1. The summed E-state index contributed by atoms with van der Waals surface area (Å²) >= 11 is 0. The molecule has 0 N–H and O–H groups in total. The van der Waals surface area contributed by atoms with Gasteiger partial charge in [0.15, 0.2) is 0 Å². The summed E-state index contributed by atoms with van der Waals surface area (Å²) < 4.78 is 28.5. The lowest BCUT2D eigenvalue weighted by atomic mass is 10.2. The maximum absolute atomic E-state index is 12.7. The molecule has 1 saturated heterocycles. The van der Waals surface area contributed by atoms with Crippen LogP contribution >= 0.6 is 0 Å². The number of aromatic nitrogens is 2. The minimum atomic E-state index is -3.51. The normalized spacial score (nSPS) is 17.4. The summed E-state index contributed by atoms with van der Waals surface area (Å²) in [6, 6.07) is 8.21. The van der Waals surface area contributed by atoms with E-state index < -0.39 is 16.1 Å². The molecule has 1 aliphatic heterocycles. The topological polar surface area (TPSA) is 75.5 Å². The lowest BCUT2D eigenvalue weighted by Crippen LogP contribution is -2.51. The van der Waals surface area contributed by atoms with Gasteiger partial charge in [0.1, 0.15) is 6.04 Å². The molecule has 1 unspecified atom stereocenters. The van der Waals surface area contributed by atoms with E-state index in [1.165, 1.54) is 4.31 Å². The number of nitrogens with zero attached hydrogens (tertiary/aromatic N) is 4. The Kier molecular flexibility index (Phi) is 4.91. The SMILES string of the molecule is Cc1ccc(S(=O)(=O)N2CCN(C(=O)C(C)n3cccn3)CC2)cc1. The number of hydrogen-bond donors (Lipinski definition) is 0. The molecule has 0 bridgehead atoms. The summed E-state index contributed by atoms with van der Waals surface area (Å²) in [6.45, 7) is 5.08. The molecule has 1 amide bonds. The molecule has 1 aliphatic rings. The minimum Gasteiger partial charge on any atom is -0.338 e. The molecule has 25 heavy (non-hydrogen) atoms. The average Bonchev–Trinajstić information content (AvgIpc) is 3.15. The number of amides is 1. The van der Waals surface area contributed by atoms with E-state index in [4.69, 9.17) is 0 Å². The van der Waals surface area contributed by atoms with Gasteiger partial charge >= 0.3 is 0 Å². The number of carbonyl (C=O) groups excluding carboxylic acids is 1. The molecule has 0 saturated carbocycles. The van der Waals surface area contributed by atoms with Crippen LogP contribution in [0.2, 0.25) is 0 Å². The molecule has 134 valence electrons. The molecule has 2 aromatic rings. The van der Waals surface area contributed by atoms with Crippen molar-refractivity contribution < 1.29 is 13.2 Å². The van der Waals surface area contributed by atoms with Crippen LogP contribution in [0, 0.1) is 6.92 Å². The smallest absolute Gasteiger partial charge is 0.247 e. The third-order valence-electron chi connectivity index (χ3n) is 4.49. The zero-order valence-electron chi connectivity index (χ0n) is 14.4. The van der Waals surface area contributed by atoms with Gasteiger partial charge in [-0.3, -0.25) is 9.48 Å². The number of benzene rings is 1. The highest BCUT2D eigenvalue weighted by Gasteiger charge is 2.31. The Morgan fingerprint density at radius 1 is 1.12 bits per heavy atom. The van der Waals surface area contributed by atoms with E-state index >= 15 is 0 Å². The third kappa shape index (κ3) is 3.59. The first-order valence-electron chi connectivity index (χ1n) is 8.24. The predicted octanol–water partition coefficient (Wildman–Crippen LogP) is 1.29. The zero-order valence-corrected chi connectivity index (χ0v) is 15.2. The Morgan fingerprint density at radius 2 is 1.76 bits per heavy atom. The Morgan fingerprint density at radius 3 is 2.32 bits per heavy atom. The van der Waals surface area contributed by atoms with Crippen molar-refractivity contribution in [3.63, 3.8) is 0 Å². The van der Waals surface area contributed by atoms with Gasteiger partial charge in [-0.2, -0.15) is 9.40 Å². The summed E-state index contributed by atoms with van der Waals surface area (Å²) in [7, 11) is -3.51. The summed E-state index contributed by atoms with van der Waals surface area (Å²) in [5.41, 5.74) is 1.02. The van der Waals surface area contributed by atoms with E-state index in [0.29, 0.717) is 31.1 Å². The van der Waals surface area contributed by atoms with Gasteiger partial charge in [0.25, 0.3) is 0 Å². The maximum atomic E-state index is 12.7. The van der Waals surface area contributed by atoms with Crippen molar-refractivity contribution >= 4 is 15.9 Å². The number of piperazine rings is 1. The minimum absolute atomic E-state index is 0.0453. The molecular weight excluding hydrogens is 340 g/mol.